The minimum Gasteiger partial charge on any atom is -0.478 e. The summed E-state index contributed by atoms with van der Waals surface area (Å²) in [4.78, 5) is 11.3. The summed E-state index contributed by atoms with van der Waals surface area (Å²) in [7, 11) is 0. The number of carboxylic acids is 1. The quantitative estimate of drug-likeness (QED) is 0.662. The molecule has 19 heavy (non-hydrogen) atoms. The average Bonchev–Trinajstić information content (AvgIpc) is 2.35. The van der Waals surface area contributed by atoms with Gasteiger partial charge in [0, 0.05) is 10.0 Å². The summed E-state index contributed by atoms with van der Waals surface area (Å²) in [6, 6.07) is 13.8. The highest BCUT2D eigenvalue weighted by atomic mass is 35.5. The van der Waals surface area contributed by atoms with E-state index < -0.39 is 5.97 Å². The fraction of sp³-hybridized carbons (Fsp3) is 0. The summed E-state index contributed by atoms with van der Waals surface area (Å²) in [6.07, 6.45) is 1.55. The van der Waals surface area contributed by atoms with Crippen LogP contribution < -0.4 is 0 Å². The Balaban J connectivity index is 2.50. The van der Waals surface area contributed by atoms with Gasteiger partial charge < -0.3 is 5.11 Å². The maximum Gasteiger partial charge on any atom is 0.336 e. The SMILES string of the molecule is O=C(O)C(=Cc1cc(Cl)cc(Cl)c1)c1ccccc1. The molecule has 0 radical (unpaired) electrons. The highest BCUT2D eigenvalue weighted by Gasteiger charge is 2.10. The van der Waals surface area contributed by atoms with Crippen LogP contribution in [0.15, 0.2) is 48.5 Å². The second kappa shape index (κ2) is 5.91. The van der Waals surface area contributed by atoms with Crippen molar-refractivity contribution in [1.82, 2.24) is 0 Å². The van der Waals surface area contributed by atoms with Crippen LogP contribution in [0.3, 0.4) is 0 Å². The molecule has 0 atom stereocenters. The molecule has 0 fully saturated rings. The van der Waals surface area contributed by atoms with Crippen LogP contribution in [0.2, 0.25) is 10.0 Å². The van der Waals surface area contributed by atoms with Crippen molar-refractivity contribution in [2.75, 3.05) is 0 Å². The number of rotatable bonds is 3. The molecule has 96 valence electrons. The third-order valence-corrected chi connectivity index (χ3v) is 2.95. The number of halogens is 2. The van der Waals surface area contributed by atoms with Crippen LogP contribution in [0.4, 0.5) is 0 Å². The van der Waals surface area contributed by atoms with E-state index in [1.807, 2.05) is 6.07 Å². The third-order valence-electron chi connectivity index (χ3n) is 2.51. The van der Waals surface area contributed by atoms with Crippen LogP contribution in [0.1, 0.15) is 11.1 Å². The van der Waals surface area contributed by atoms with Gasteiger partial charge in [0.1, 0.15) is 0 Å². The maximum atomic E-state index is 11.3. The zero-order valence-corrected chi connectivity index (χ0v) is 11.3. The van der Waals surface area contributed by atoms with Crippen molar-refractivity contribution >= 4 is 40.8 Å². The molecule has 0 heterocycles. The van der Waals surface area contributed by atoms with Crippen molar-refractivity contribution in [3.05, 3.63) is 69.7 Å². The average molecular weight is 293 g/mol. The number of benzene rings is 2. The Morgan fingerprint density at radius 1 is 1.00 bits per heavy atom. The summed E-state index contributed by atoms with van der Waals surface area (Å²) < 4.78 is 0. The van der Waals surface area contributed by atoms with E-state index in [2.05, 4.69) is 0 Å². The Morgan fingerprint density at radius 3 is 2.11 bits per heavy atom. The number of carboxylic acid groups (broad SMARTS) is 1. The van der Waals surface area contributed by atoms with Gasteiger partial charge in [0.25, 0.3) is 0 Å². The largest absolute Gasteiger partial charge is 0.478 e. The van der Waals surface area contributed by atoms with Gasteiger partial charge >= 0.3 is 5.97 Å². The molecule has 0 saturated heterocycles. The molecular formula is C15H10Cl2O2. The third kappa shape index (κ3) is 3.60. The summed E-state index contributed by atoms with van der Waals surface area (Å²) >= 11 is 11.8. The van der Waals surface area contributed by atoms with Gasteiger partial charge in [-0.3, -0.25) is 0 Å². The number of hydrogen-bond acceptors (Lipinski definition) is 1. The molecule has 0 aromatic heterocycles. The minimum absolute atomic E-state index is 0.193. The van der Waals surface area contributed by atoms with Gasteiger partial charge in [-0.05, 0) is 35.4 Å². The first kappa shape index (κ1) is 13.7. The predicted octanol–water partition coefficient (Wildman–Crippen LogP) is 4.62. The van der Waals surface area contributed by atoms with Crippen LogP contribution in [0.25, 0.3) is 11.6 Å². The molecular weight excluding hydrogens is 283 g/mol. The number of hydrogen-bond donors (Lipinski definition) is 1. The van der Waals surface area contributed by atoms with E-state index in [1.54, 1.807) is 48.5 Å². The van der Waals surface area contributed by atoms with Gasteiger partial charge in [0.15, 0.2) is 0 Å². The Kier molecular flexibility index (Phi) is 4.25. The molecule has 2 aromatic carbocycles. The topological polar surface area (TPSA) is 37.3 Å². The first-order valence-corrected chi connectivity index (χ1v) is 6.28. The van der Waals surface area contributed by atoms with Crippen LogP contribution >= 0.6 is 23.2 Å². The van der Waals surface area contributed by atoms with Crippen molar-refractivity contribution in [1.29, 1.82) is 0 Å². The van der Waals surface area contributed by atoms with Crippen LogP contribution in [0, 0.1) is 0 Å². The van der Waals surface area contributed by atoms with Crippen molar-refractivity contribution in [2.45, 2.75) is 0 Å². The van der Waals surface area contributed by atoms with Gasteiger partial charge in [-0.2, -0.15) is 0 Å². The summed E-state index contributed by atoms with van der Waals surface area (Å²) in [5.74, 6) is -0.998. The van der Waals surface area contributed by atoms with E-state index in [9.17, 15) is 9.90 Å². The monoisotopic (exact) mass is 292 g/mol. The normalized spacial score (nSPS) is 11.4. The molecule has 0 spiro atoms. The lowest BCUT2D eigenvalue weighted by molar-refractivity contribution is -0.130. The standard InChI is InChI=1S/C15H10Cl2O2/c16-12-6-10(7-13(17)9-12)8-14(15(18)19)11-4-2-1-3-5-11/h1-9H,(H,18,19). The van der Waals surface area contributed by atoms with E-state index in [1.165, 1.54) is 0 Å². The zero-order chi connectivity index (χ0) is 13.8. The van der Waals surface area contributed by atoms with E-state index in [0.29, 0.717) is 21.2 Å². The minimum atomic E-state index is -0.998. The van der Waals surface area contributed by atoms with Crippen molar-refractivity contribution in [2.24, 2.45) is 0 Å². The summed E-state index contributed by atoms with van der Waals surface area (Å²) in [5, 5.41) is 10.2. The zero-order valence-electron chi connectivity index (χ0n) is 9.81. The van der Waals surface area contributed by atoms with E-state index >= 15 is 0 Å². The van der Waals surface area contributed by atoms with Crippen molar-refractivity contribution in [3.63, 3.8) is 0 Å². The fourth-order valence-electron chi connectivity index (χ4n) is 1.71. The Labute approximate surface area is 120 Å². The molecule has 1 N–H and O–H groups in total. The van der Waals surface area contributed by atoms with Crippen LogP contribution in [-0.2, 0) is 4.79 Å². The van der Waals surface area contributed by atoms with Crippen LogP contribution in [-0.4, -0.2) is 11.1 Å². The second-order valence-electron chi connectivity index (χ2n) is 3.93. The van der Waals surface area contributed by atoms with Gasteiger partial charge in [0.2, 0.25) is 0 Å². The molecule has 0 saturated carbocycles. The second-order valence-corrected chi connectivity index (χ2v) is 4.80. The van der Waals surface area contributed by atoms with Crippen molar-refractivity contribution < 1.29 is 9.90 Å². The molecule has 2 rings (SSSR count). The fourth-order valence-corrected chi connectivity index (χ4v) is 2.25. The lowest BCUT2D eigenvalue weighted by Crippen LogP contribution is -1.99. The molecule has 0 amide bonds. The Morgan fingerprint density at radius 2 is 1.58 bits per heavy atom. The highest BCUT2D eigenvalue weighted by molar-refractivity contribution is 6.35. The lowest BCUT2D eigenvalue weighted by atomic mass is 10.0. The molecule has 0 aliphatic rings. The van der Waals surface area contributed by atoms with Crippen molar-refractivity contribution in [3.8, 4) is 0 Å². The van der Waals surface area contributed by atoms with Gasteiger partial charge in [-0.25, -0.2) is 4.79 Å². The van der Waals surface area contributed by atoms with Gasteiger partial charge in [0.05, 0.1) is 5.57 Å². The molecule has 0 aliphatic heterocycles. The van der Waals surface area contributed by atoms with E-state index in [0.717, 1.165) is 0 Å². The smallest absolute Gasteiger partial charge is 0.336 e. The van der Waals surface area contributed by atoms with Crippen LogP contribution in [0.5, 0.6) is 0 Å². The maximum absolute atomic E-state index is 11.3. The summed E-state index contributed by atoms with van der Waals surface area (Å²) in [5.41, 5.74) is 1.48. The predicted molar refractivity (Wildman–Crippen MR) is 78.4 cm³/mol. The molecule has 0 unspecified atom stereocenters. The van der Waals surface area contributed by atoms with Gasteiger partial charge in [-0.1, -0.05) is 53.5 Å². The Bertz CT molecular complexity index is 614. The number of carbonyl (C=O) groups is 1. The van der Waals surface area contributed by atoms with Gasteiger partial charge in [-0.15, -0.1) is 0 Å². The molecule has 4 heteroatoms. The first-order chi connectivity index (χ1) is 9.06. The number of aliphatic carboxylic acids is 1. The van der Waals surface area contributed by atoms with E-state index in [-0.39, 0.29) is 5.57 Å². The highest BCUT2D eigenvalue weighted by Crippen LogP contribution is 2.24. The molecule has 2 nitrogen and oxygen atoms in total. The molecule has 2 aromatic rings. The van der Waals surface area contributed by atoms with E-state index in [4.69, 9.17) is 23.2 Å². The molecule has 0 bridgehead atoms. The Hall–Kier alpha value is -1.77. The lowest BCUT2D eigenvalue weighted by Gasteiger charge is -2.04. The first-order valence-electron chi connectivity index (χ1n) is 5.53. The molecule has 0 aliphatic carbocycles. The summed E-state index contributed by atoms with van der Waals surface area (Å²) in [6.45, 7) is 0.